The minimum Gasteiger partial charge on any atom is -0.394 e. The van der Waals surface area contributed by atoms with E-state index in [1.165, 1.54) is 0 Å². The molecule has 7 rings (SSSR count). The Labute approximate surface area is 382 Å². The summed E-state index contributed by atoms with van der Waals surface area (Å²) in [6.45, 7) is 15.3. The summed E-state index contributed by atoms with van der Waals surface area (Å²) < 4.78 is 37.0. The van der Waals surface area contributed by atoms with Gasteiger partial charge >= 0.3 is 0 Å². The number of aliphatic hydroxyl groups is 12. The Morgan fingerprint density at radius 3 is 1.97 bits per heavy atom. The van der Waals surface area contributed by atoms with Gasteiger partial charge in [-0.25, -0.2) is 0 Å². The SMILES string of the molecule is CC(C)=CCC[C@@](C)(O[C@@H]1O[C@H](CO[C@@H]2OC[C@H](O)[C@H](O)[C@H]2O)[C@@H](O)[C@H](O)[C@H]1O)[C@H]1CC[C@]2(C)[C@@H]1[C@H](O)C[C@@H]1[C@@]3(C)CC[C@H](O)C(C)(C)[C@@H]3[C@@H](O[C@@H]3O[C@H](CO)[C@@H](O)[C@H](O)[C@H]3O)C[C@]12C. The third-order valence-electron chi connectivity index (χ3n) is 18.3. The summed E-state index contributed by atoms with van der Waals surface area (Å²) in [6.07, 6.45) is -16.7. The van der Waals surface area contributed by atoms with Gasteiger partial charge in [0, 0.05) is 0 Å². The van der Waals surface area contributed by atoms with E-state index in [9.17, 15) is 61.3 Å². The Kier molecular flexibility index (Phi) is 15.1. The van der Waals surface area contributed by atoms with Crippen molar-refractivity contribution in [2.75, 3.05) is 19.8 Å². The molecule has 18 nitrogen and oxygen atoms in total. The van der Waals surface area contributed by atoms with Gasteiger partial charge in [-0.3, -0.25) is 0 Å². The number of aliphatic hydroxyl groups excluding tert-OH is 12. The van der Waals surface area contributed by atoms with Gasteiger partial charge in [0.25, 0.3) is 0 Å². The third-order valence-corrected chi connectivity index (χ3v) is 18.3. The number of ether oxygens (including phenoxy) is 6. The van der Waals surface area contributed by atoms with Crippen LogP contribution in [0.3, 0.4) is 0 Å². The van der Waals surface area contributed by atoms with E-state index in [-0.39, 0.29) is 30.3 Å². The fourth-order valence-electron chi connectivity index (χ4n) is 14.6. The summed E-state index contributed by atoms with van der Waals surface area (Å²) in [7, 11) is 0. The second-order valence-electron chi connectivity index (χ2n) is 22.6. The fraction of sp³-hybridized carbons (Fsp3) is 0.957. The van der Waals surface area contributed by atoms with Gasteiger partial charge in [0.1, 0.15) is 67.1 Å². The summed E-state index contributed by atoms with van der Waals surface area (Å²) in [6, 6.07) is 0. The third kappa shape index (κ3) is 8.83. The number of allylic oxidation sites excluding steroid dienone is 2. The first-order chi connectivity index (χ1) is 30.3. The Morgan fingerprint density at radius 1 is 0.708 bits per heavy atom. The minimum absolute atomic E-state index is 0.0498. The first-order valence-corrected chi connectivity index (χ1v) is 23.9. The minimum atomic E-state index is -1.72. The van der Waals surface area contributed by atoms with Crippen LogP contribution in [0.4, 0.5) is 0 Å². The molecule has 25 atom stereocenters. The number of hydrogen-bond acceptors (Lipinski definition) is 18. The molecule has 4 saturated carbocycles. The quantitative estimate of drug-likeness (QED) is 0.0874. The zero-order chi connectivity index (χ0) is 47.9. The summed E-state index contributed by atoms with van der Waals surface area (Å²) in [5, 5.41) is 131. The molecular weight excluding hydrogens is 852 g/mol. The van der Waals surface area contributed by atoms with Crippen molar-refractivity contribution in [2.24, 2.45) is 45.3 Å². The summed E-state index contributed by atoms with van der Waals surface area (Å²) in [5.41, 5.74) is -2.28. The Balaban J connectivity index is 1.20. The molecule has 4 aliphatic carbocycles. The van der Waals surface area contributed by atoms with Gasteiger partial charge in [-0.05, 0) is 117 Å². The predicted octanol–water partition coefficient (Wildman–Crippen LogP) is -0.417. The largest absolute Gasteiger partial charge is 0.394 e. The van der Waals surface area contributed by atoms with Crippen LogP contribution in [0.1, 0.15) is 107 Å². The standard InChI is InChI=1S/C47H80O18/c1-21(2)10-9-13-47(8,65-42-38(59)35(56)33(54)27(64-42)20-61-40-36(57)31(52)24(50)19-60-40)22-11-15-45(6)30(22)23(49)16-28-44(5)14-12-29(51)43(3,4)39(44)25(17-46(28,45)7)62-41-37(58)34(55)32(53)26(18-48)63-41/h10,22-42,48-59H,9,11-20H2,1-8H3/t22-,23+,24-,25-,26+,27+,28+,29-,30-,31-,32+,33+,34-,35-,36+,37+,38+,39-,40-,41+,42-,44+,45+,46+,47+/m0/s1. The molecule has 3 saturated heterocycles. The van der Waals surface area contributed by atoms with Crippen molar-refractivity contribution in [2.45, 2.75) is 217 Å². The first kappa shape index (κ1) is 51.9. The molecule has 3 aliphatic heterocycles. The monoisotopic (exact) mass is 933 g/mol. The number of hydrogen-bond donors (Lipinski definition) is 12. The van der Waals surface area contributed by atoms with Crippen LogP contribution in [0.2, 0.25) is 0 Å². The second-order valence-corrected chi connectivity index (χ2v) is 22.6. The summed E-state index contributed by atoms with van der Waals surface area (Å²) in [5.74, 6) is -1.03. The van der Waals surface area contributed by atoms with E-state index in [1.54, 1.807) is 0 Å². The van der Waals surface area contributed by atoms with Gasteiger partial charge in [0.2, 0.25) is 0 Å². The Hall–Kier alpha value is -0.980. The topological polar surface area (TPSA) is 298 Å². The normalized spacial score (nSPS) is 53.0. The molecule has 7 fully saturated rings. The maximum absolute atomic E-state index is 12.7. The highest BCUT2D eigenvalue weighted by Gasteiger charge is 2.74. The molecule has 0 aromatic carbocycles. The molecule has 0 unspecified atom stereocenters. The van der Waals surface area contributed by atoms with Crippen LogP contribution >= 0.6 is 0 Å². The van der Waals surface area contributed by atoms with Gasteiger partial charge in [-0.15, -0.1) is 0 Å². The van der Waals surface area contributed by atoms with Crippen molar-refractivity contribution in [3.05, 3.63) is 11.6 Å². The molecule has 0 aromatic rings. The van der Waals surface area contributed by atoms with Gasteiger partial charge in [0.15, 0.2) is 18.9 Å². The van der Waals surface area contributed by atoms with E-state index in [0.29, 0.717) is 51.4 Å². The van der Waals surface area contributed by atoms with Crippen LogP contribution in [0.25, 0.3) is 0 Å². The van der Waals surface area contributed by atoms with Crippen LogP contribution in [-0.2, 0) is 28.4 Å². The molecule has 0 bridgehead atoms. The summed E-state index contributed by atoms with van der Waals surface area (Å²) in [4.78, 5) is 0. The van der Waals surface area contributed by atoms with E-state index in [2.05, 4.69) is 26.8 Å². The molecule has 65 heavy (non-hydrogen) atoms. The lowest BCUT2D eigenvalue weighted by Crippen LogP contribution is -2.71. The fourth-order valence-corrected chi connectivity index (χ4v) is 14.6. The van der Waals surface area contributed by atoms with Gasteiger partial charge in [0.05, 0.1) is 43.7 Å². The van der Waals surface area contributed by atoms with Crippen molar-refractivity contribution in [3.8, 4) is 0 Å². The van der Waals surface area contributed by atoms with Gasteiger partial charge < -0.3 is 89.7 Å². The maximum atomic E-state index is 12.7. The van der Waals surface area contributed by atoms with Crippen molar-refractivity contribution in [1.29, 1.82) is 0 Å². The molecule has 0 spiro atoms. The number of fused-ring (bicyclic) bond motifs is 5. The van der Waals surface area contributed by atoms with Crippen LogP contribution in [0.15, 0.2) is 11.6 Å². The van der Waals surface area contributed by atoms with Crippen molar-refractivity contribution < 1.29 is 89.7 Å². The Bertz CT molecular complexity index is 1660. The van der Waals surface area contributed by atoms with Crippen LogP contribution in [0, 0.1) is 45.3 Å². The van der Waals surface area contributed by atoms with Crippen molar-refractivity contribution in [3.63, 3.8) is 0 Å². The smallest absolute Gasteiger partial charge is 0.187 e. The van der Waals surface area contributed by atoms with Crippen molar-refractivity contribution in [1.82, 2.24) is 0 Å². The zero-order valence-corrected chi connectivity index (χ0v) is 39.3. The van der Waals surface area contributed by atoms with E-state index >= 15 is 0 Å². The van der Waals surface area contributed by atoms with E-state index in [0.717, 1.165) is 5.57 Å². The van der Waals surface area contributed by atoms with Crippen molar-refractivity contribution >= 4 is 0 Å². The average molecular weight is 933 g/mol. The molecule has 376 valence electrons. The Morgan fingerprint density at radius 2 is 1.32 bits per heavy atom. The molecule has 3 heterocycles. The van der Waals surface area contributed by atoms with E-state index in [4.69, 9.17) is 28.4 Å². The molecule has 7 aliphatic rings. The maximum Gasteiger partial charge on any atom is 0.187 e. The summed E-state index contributed by atoms with van der Waals surface area (Å²) >= 11 is 0. The highest BCUT2D eigenvalue weighted by molar-refractivity contribution is 5.22. The second kappa shape index (κ2) is 19.0. The lowest BCUT2D eigenvalue weighted by atomic mass is 9.34. The highest BCUT2D eigenvalue weighted by atomic mass is 16.7. The first-order valence-electron chi connectivity index (χ1n) is 23.9. The highest BCUT2D eigenvalue weighted by Crippen LogP contribution is 2.76. The van der Waals surface area contributed by atoms with Crippen LogP contribution < -0.4 is 0 Å². The van der Waals surface area contributed by atoms with Gasteiger partial charge in [-0.2, -0.15) is 0 Å². The predicted molar refractivity (Wildman–Crippen MR) is 229 cm³/mol. The molecule has 0 aromatic heterocycles. The number of rotatable bonds is 12. The lowest BCUT2D eigenvalue weighted by molar-refractivity contribution is -0.352. The molecule has 0 amide bonds. The van der Waals surface area contributed by atoms with Gasteiger partial charge in [-0.1, -0.05) is 46.3 Å². The van der Waals surface area contributed by atoms with E-state index in [1.807, 2.05) is 34.6 Å². The lowest BCUT2D eigenvalue weighted by Gasteiger charge is -2.72. The average Bonchev–Trinajstić information content (AvgIpc) is 3.63. The molecular formula is C47H80O18. The van der Waals surface area contributed by atoms with E-state index < -0.39 is 145 Å². The molecule has 0 radical (unpaired) electrons. The molecule has 12 N–H and O–H groups in total. The van der Waals surface area contributed by atoms with Crippen LogP contribution in [-0.4, -0.2) is 191 Å². The molecule has 18 heteroatoms. The van der Waals surface area contributed by atoms with Crippen LogP contribution in [0.5, 0.6) is 0 Å². The zero-order valence-electron chi connectivity index (χ0n) is 39.3.